The molecule has 0 fully saturated rings. The number of likely N-dealkylation sites (N-methyl/N-ethyl adjacent to an activating group) is 1. The molecular formula is C18H29N5O4. The molecule has 9 heteroatoms. The molecule has 7 N–H and O–H groups in total. The number of carboxylic acid groups (broad SMARTS) is 1. The van der Waals surface area contributed by atoms with E-state index in [1.165, 1.54) is 0 Å². The van der Waals surface area contributed by atoms with E-state index in [1.54, 1.807) is 45.0 Å². The fourth-order valence-electron chi connectivity index (χ4n) is 2.93. The molecule has 0 radical (unpaired) electrons. The first kappa shape index (κ1) is 22.2. The Morgan fingerprint density at radius 3 is 2.26 bits per heavy atom. The molecular weight excluding hydrogens is 350 g/mol. The van der Waals surface area contributed by atoms with Gasteiger partial charge in [-0.3, -0.25) is 15.1 Å². The van der Waals surface area contributed by atoms with Crippen LogP contribution in [0.25, 0.3) is 0 Å². The van der Waals surface area contributed by atoms with Crippen molar-refractivity contribution in [3.8, 4) is 5.75 Å². The Balaban J connectivity index is 2.90. The maximum absolute atomic E-state index is 12.6. The van der Waals surface area contributed by atoms with E-state index in [0.717, 1.165) is 16.7 Å². The molecule has 0 saturated heterocycles. The second kappa shape index (κ2) is 9.77. The first-order valence-electron chi connectivity index (χ1n) is 8.59. The topological polar surface area (TPSA) is 152 Å². The summed E-state index contributed by atoms with van der Waals surface area (Å²) in [6.07, 6.45) is 0.479. The SMILES string of the molecule is Cc1cc(O)cc(C)c1C[C@H](NC(=O)[C@@H](CCNC(=N)N)N(C)C)C(=O)O. The number of aryl methyl sites for hydroxylation is 2. The van der Waals surface area contributed by atoms with E-state index in [-0.39, 0.29) is 18.1 Å². The largest absolute Gasteiger partial charge is 0.508 e. The van der Waals surface area contributed by atoms with Gasteiger partial charge in [0.25, 0.3) is 0 Å². The van der Waals surface area contributed by atoms with Crippen molar-refractivity contribution in [1.29, 1.82) is 5.41 Å². The van der Waals surface area contributed by atoms with Gasteiger partial charge in [-0.25, -0.2) is 4.79 Å². The highest BCUT2D eigenvalue weighted by Gasteiger charge is 2.27. The van der Waals surface area contributed by atoms with Gasteiger partial charge < -0.3 is 26.6 Å². The van der Waals surface area contributed by atoms with E-state index >= 15 is 0 Å². The van der Waals surface area contributed by atoms with Crippen molar-refractivity contribution in [1.82, 2.24) is 15.5 Å². The number of hydrogen-bond donors (Lipinski definition) is 6. The Labute approximate surface area is 159 Å². The molecule has 0 aliphatic carbocycles. The Morgan fingerprint density at radius 2 is 1.81 bits per heavy atom. The predicted molar refractivity (Wildman–Crippen MR) is 103 cm³/mol. The molecule has 0 unspecified atom stereocenters. The van der Waals surface area contributed by atoms with E-state index in [0.29, 0.717) is 13.0 Å². The monoisotopic (exact) mass is 379 g/mol. The van der Waals surface area contributed by atoms with Gasteiger partial charge in [-0.15, -0.1) is 0 Å². The number of nitrogens with zero attached hydrogens (tertiary/aromatic N) is 1. The molecule has 2 atom stereocenters. The van der Waals surface area contributed by atoms with Gasteiger partial charge >= 0.3 is 5.97 Å². The zero-order chi connectivity index (χ0) is 20.7. The summed E-state index contributed by atoms with van der Waals surface area (Å²) >= 11 is 0. The van der Waals surface area contributed by atoms with Crippen molar-refractivity contribution in [3.05, 3.63) is 28.8 Å². The van der Waals surface area contributed by atoms with Crippen LogP contribution in [0.15, 0.2) is 12.1 Å². The second-order valence-electron chi connectivity index (χ2n) is 6.77. The number of rotatable bonds is 9. The molecule has 1 amide bonds. The molecule has 0 aromatic heterocycles. The fourth-order valence-corrected chi connectivity index (χ4v) is 2.93. The maximum atomic E-state index is 12.6. The average molecular weight is 379 g/mol. The number of nitrogens with one attached hydrogen (secondary N) is 3. The van der Waals surface area contributed by atoms with Crippen molar-refractivity contribution in [2.24, 2.45) is 5.73 Å². The standard InChI is InChI=1S/C18H29N5O4/c1-10-7-12(24)8-11(2)13(10)9-14(17(26)27)22-16(25)15(23(3)4)5-6-21-18(19)20/h7-8,14-15,24H,5-6,9H2,1-4H3,(H,22,25)(H,26,27)(H4,19,20,21)/t14-,15+/m0/s1. The van der Waals surface area contributed by atoms with Crippen LogP contribution in [0.4, 0.5) is 0 Å². The predicted octanol–water partition coefficient (Wildman–Crippen LogP) is -0.0757. The van der Waals surface area contributed by atoms with Crippen molar-refractivity contribution in [2.45, 2.75) is 38.8 Å². The maximum Gasteiger partial charge on any atom is 0.326 e. The van der Waals surface area contributed by atoms with Gasteiger partial charge in [-0.05, 0) is 63.2 Å². The summed E-state index contributed by atoms with van der Waals surface area (Å²) in [5, 5.41) is 31.6. The zero-order valence-corrected chi connectivity index (χ0v) is 16.2. The molecule has 0 aliphatic heterocycles. The summed E-state index contributed by atoms with van der Waals surface area (Å²) in [5.41, 5.74) is 7.55. The third kappa shape index (κ3) is 6.78. The number of phenols is 1. The summed E-state index contributed by atoms with van der Waals surface area (Å²) in [7, 11) is 3.45. The lowest BCUT2D eigenvalue weighted by Gasteiger charge is -2.26. The fraction of sp³-hybridized carbons (Fsp3) is 0.500. The molecule has 0 heterocycles. The summed E-state index contributed by atoms with van der Waals surface area (Å²) in [4.78, 5) is 26.0. The summed E-state index contributed by atoms with van der Waals surface area (Å²) in [5.74, 6) is -1.61. The highest BCUT2D eigenvalue weighted by Crippen LogP contribution is 2.22. The number of nitrogens with two attached hydrogens (primary N) is 1. The van der Waals surface area contributed by atoms with Crippen LogP contribution in [0.2, 0.25) is 0 Å². The number of benzene rings is 1. The lowest BCUT2D eigenvalue weighted by atomic mass is 9.95. The number of guanidine groups is 1. The van der Waals surface area contributed by atoms with Crippen LogP contribution in [0.1, 0.15) is 23.1 Å². The minimum Gasteiger partial charge on any atom is -0.508 e. The minimum atomic E-state index is -1.13. The van der Waals surface area contributed by atoms with Gasteiger partial charge in [-0.1, -0.05) is 0 Å². The van der Waals surface area contributed by atoms with Crippen molar-refractivity contribution < 1.29 is 19.8 Å². The van der Waals surface area contributed by atoms with E-state index in [2.05, 4.69) is 10.6 Å². The lowest BCUT2D eigenvalue weighted by molar-refractivity contribution is -0.142. The number of carboxylic acids is 1. The molecule has 27 heavy (non-hydrogen) atoms. The molecule has 1 rings (SSSR count). The molecule has 1 aromatic carbocycles. The lowest BCUT2D eigenvalue weighted by Crippen LogP contribution is -2.51. The summed E-state index contributed by atoms with van der Waals surface area (Å²) in [6.45, 7) is 3.90. The first-order valence-corrected chi connectivity index (χ1v) is 8.59. The van der Waals surface area contributed by atoms with Crippen molar-refractivity contribution >= 4 is 17.8 Å². The van der Waals surface area contributed by atoms with Crippen LogP contribution < -0.4 is 16.4 Å². The summed E-state index contributed by atoms with van der Waals surface area (Å²) < 4.78 is 0. The molecule has 0 spiro atoms. The number of carbonyl (C=O) groups is 2. The van der Waals surface area contributed by atoms with Gasteiger partial charge in [0, 0.05) is 13.0 Å². The Bertz CT molecular complexity index is 682. The number of aliphatic carboxylic acids is 1. The first-order chi connectivity index (χ1) is 12.5. The van der Waals surface area contributed by atoms with Gasteiger partial charge in [0.15, 0.2) is 5.96 Å². The molecule has 0 aliphatic rings. The Morgan fingerprint density at radius 1 is 1.26 bits per heavy atom. The van der Waals surface area contributed by atoms with E-state index in [1.807, 2.05) is 0 Å². The van der Waals surface area contributed by atoms with Gasteiger partial charge in [0.1, 0.15) is 11.8 Å². The van der Waals surface area contributed by atoms with Gasteiger partial charge in [0.2, 0.25) is 5.91 Å². The third-order valence-electron chi connectivity index (χ3n) is 4.36. The number of phenolic OH excluding ortho intramolecular Hbond substituents is 1. The highest BCUT2D eigenvalue weighted by molar-refractivity contribution is 5.87. The molecule has 1 aromatic rings. The average Bonchev–Trinajstić information content (AvgIpc) is 2.52. The van der Waals surface area contributed by atoms with E-state index < -0.39 is 24.0 Å². The van der Waals surface area contributed by atoms with Crippen LogP contribution in [-0.2, 0) is 16.0 Å². The van der Waals surface area contributed by atoms with Crippen molar-refractivity contribution in [3.63, 3.8) is 0 Å². The van der Waals surface area contributed by atoms with Crippen molar-refractivity contribution in [2.75, 3.05) is 20.6 Å². The van der Waals surface area contributed by atoms with Crippen LogP contribution in [0.5, 0.6) is 5.75 Å². The van der Waals surface area contributed by atoms with Gasteiger partial charge in [-0.2, -0.15) is 0 Å². The van der Waals surface area contributed by atoms with E-state index in [4.69, 9.17) is 11.1 Å². The molecule has 150 valence electrons. The number of aromatic hydroxyl groups is 1. The number of amides is 1. The number of hydrogen-bond acceptors (Lipinski definition) is 5. The van der Waals surface area contributed by atoms with E-state index in [9.17, 15) is 19.8 Å². The van der Waals surface area contributed by atoms with Gasteiger partial charge in [0.05, 0.1) is 6.04 Å². The van der Waals surface area contributed by atoms with Crippen LogP contribution >= 0.6 is 0 Å². The highest BCUT2D eigenvalue weighted by atomic mass is 16.4. The molecule has 9 nitrogen and oxygen atoms in total. The van der Waals surface area contributed by atoms with Crippen LogP contribution in [0, 0.1) is 19.3 Å². The van der Waals surface area contributed by atoms with Crippen LogP contribution in [0.3, 0.4) is 0 Å². The van der Waals surface area contributed by atoms with Crippen LogP contribution in [-0.4, -0.2) is 65.7 Å². The Hall–Kier alpha value is -2.81. The quantitative estimate of drug-likeness (QED) is 0.259. The molecule has 0 bridgehead atoms. The second-order valence-corrected chi connectivity index (χ2v) is 6.77. The minimum absolute atomic E-state index is 0.116. The smallest absolute Gasteiger partial charge is 0.326 e. The normalized spacial score (nSPS) is 13.1. The zero-order valence-electron chi connectivity index (χ0n) is 16.2. The molecule has 0 saturated carbocycles. The third-order valence-corrected chi connectivity index (χ3v) is 4.36. The summed E-state index contributed by atoms with van der Waals surface area (Å²) in [6, 6.07) is 1.47. The Kier molecular flexibility index (Phi) is 8.04. The number of carbonyl (C=O) groups excluding carboxylic acids is 1.